The van der Waals surface area contributed by atoms with Crippen LogP contribution in [0.3, 0.4) is 0 Å². The number of nitrogens with zero attached hydrogens (tertiary/aromatic N) is 1. The fourth-order valence-electron chi connectivity index (χ4n) is 2.17. The van der Waals surface area contributed by atoms with Crippen molar-refractivity contribution < 1.29 is 5.11 Å². The summed E-state index contributed by atoms with van der Waals surface area (Å²) in [5, 5.41) is 9.77. The summed E-state index contributed by atoms with van der Waals surface area (Å²) >= 11 is 0. The Labute approximate surface area is 81.9 Å². The van der Waals surface area contributed by atoms with E-state index in [0.717, 1.165) is 19.5 Å². The number of rotatable bonds is 3. The molecule has 2 atom stereocenters. The molecular weight excluding hydrogens is 162 g/mol. The third-order valence-electron chi connectivity index (χ3n) is 3.12. The van der Waals surface area contributed by atoms with Crippen LogP contribution in [0.1, 0.15) is 40.0 Å². The summed E-state index contributed by atoms with van der Waals surface area (Å²) in [5.74, 6) is 0.515. The van der Waals surface area contributed by atoms with Crippen LogP contribution in [0.15, 0.2) is 0 Å². The molecule has 0 spiro atoms. The van der Waals surface area contributed by atoms with E-state index in [1.165, 1.54) is 12.8 Å². The molecule has 0 aromatic heterocycles. The molecule has 2 nitrogen and oxygen atoms in total. The molecule has 0 amide bonds. The standard InChI is InChI=1S/C11H23NO/c1-4-5-10-8-12(9(2)3)7-6-11(10)13/h9-11,13H,4-8H2,1-3H3/t10?,11-/m1/s1. The Kier molecular flexibility index (Phi) is 4.20. The van der Waals surface area contributed by atoms with Gasteiger partial charge in [0.05, 0.1) is 6.10 Å². The first kappa shape index (κ1) is 11.0. The summed E-state index contributed by atoms with van der Waals surface area (Å²) < 4.78 is 0. The Hall–Kier alpha value is -0.0800. The Morgan fingerprint density at radius 2 is 2.15 bits per heavy atom. The lowest BCUT2D eigenvalue weighted by Gasteiger charge is -2.38. The van der Waals surface area contributed by atoms with Crippen LogP contribution < -0.4 is 0 Å². The van der Waals surface area contributed by atoms with Gasteiger partial charge in [0.2, 0.25) is 0 Å². The van der Waals surface area contributed by atoms with Crippen LogP contribution in [0, 0.1) is 5.92 Å². The van der Waals surface area contributed by atoms with Crippen molar-refractivity contribution in [2.75, 3.05) is 13.1 Å². The van der Waals surface area contributed by atoms with Crippen molar-refractivity contribution in [1.29, 1.82) is 0 Å². The molecule has 78 valence electrons. The van der Waals surface area contributed by atoms with Gasteiger partial charge in [-0.15, -0.1) is 0 Å². The summed E-state index contributed by atoms with van der Waals surface area (Å²) in [6.45, 7) is 8.83. The van der Waals surface area contributed by atoms with E-state index in [-0.39, 0.29) is 6.10 Å². The molecule has 13 heavy (non-hydrogen) atoms. The lowest BCUT2D eigenvalue weighted by molar-refractivity contribution is 0.0116. The minimum absolute atomic E-state index is 0.0463. The SMILES string of the molecule is CCCC1CN(C(C)C)CC[C@H]1O. The molecule has 0 aliphatic carbocycles. The molecule has 1 aliphatic rings. The fraction of sp³-hybridized carbons (Fsp3) is 1.00. The van der Waals surface area contributed by atoms with Gasteiger partial charge < -0.3 is 10.0 Å². The van der Waals surface area contributed by atoms with Gasteiger partial charge in [0.1, 0.15) is 0 Å². The molecule has 0 bridgehead atoms. The first-order chi connectivity index (χ1) is 6.15. The van der Waals surface area contributed by atoms with E-state index in [1.807, 2.05) is 0 Å². The average Bonchev–Trinajstić information content (AvgIpc) is 2.08. The van der Waals surface area contributed by atoms with Crippen molar-refractivity contribution in [3.05, 3.63) is 0 Å². The Morgan fingerprint density at radius 1 is 1.46 bits per heavy atom. The molecular formula is C11H23NO. The zero-order valence-electron chi connectivity index (χ0n) is 9.16. The number of hydrogen-bond acceptors (Lipinski definition) is 2. The van der Waals surface area contributed by atoms with E-state index in [0.29, 0.717) is 12.0 Å². The molecule has 1 rings (SSSR count). The minimum Gasteiger partial charge on any atom is -0.393 e. The third-order valence-corrected chi connectivity index (χ3v) is 3.12. The zero-order valence-corrected chi connectivity index (χ0v) is 9.16. The number of aliphatic hydroxyl groups is 1. The lowest BCUT2D eigenvalue weighted by atomic mass is 9.90. The summed E-state index contributed by atoms with van der Waals surface area (Å²) in [7, 11) is 0. The van der Waals surface area contributed by atoms with Crippen LogP contribution in [-0.2, 0) is 0 Å². The van der Waals surface area contributed by atoms with Gasteiger partial charge in [-0.2, -0.15) is 0 Å². The summed E-state index contributed by atoms with van der Waals surface area (Å²) in [4.78, 5) is 2.48. The van der Waals surface area contributed by atoms with E-state index in [1.54, 1.807) is 0 Å². The van der Waals surface area contributed by atoms with E-state index in [4.69, 9.17) is 0 Å². The zero-order chi connectivity index (χ0) is 9.84. The summed E-state index contributed by atoms with van der Waals surface area (Å²) in [6.07, 6.45) is 3.27. The fourth-order valence-corrected chi connectivity index (χ4v) is 2.17. The van der Waals surface area contributed by atoms with Gasteiger partial charge in [0, 0.05) is 19.1 Å². The molecule has 1 aliphatic heterocycles. The van der Waals surface area contributed by atoms with Crippen molar-refractivity contribution in [3.8, 4) is 0 Å². The van der Waals surface area contributed by atoms with Crippen LogP contribution in [0.5, 0.6) is 0 Å². The van der Waals surface area contributed by atoms with Crippen LogP contribution in [-0.4, -0.2) is 35.2 Å². The first-order valence-corrected chi connectivity index (χ1v) is 5.57. The molecule has 0 saturated carbocycles. The van der Waals surface area contributed by atoms with Gasteiger partial charge >= 0.3 is 0 Å². The molecule has 1 saturated heterocycles. The maximum atomic E-state index is 9.77. The van der Waals surface area contributed by atoms with Gasteiger partial charge in [-0.05, 0) is 32.6 Å². The van der Waals surface area contributed by atoms with Crippen molar-refractivity contribution in [3.63, 3.8) is 0 Å². The maximum Gasteiger partial charge on any atom is 0.0592 e. The average molecular weight is 185 g/mol. The van der Waals surface area contributed by atoms with Gasteiger partial charge in [-0.3, -0.25) is 0 Å². The molecule has 1 N–H and O–H groups in total. The highest BCUT2D eigenvalue weighted by Crippen LogP contribution is 2.22. The van der Waals surface area contributed by atoms with Crippen molar-refractivity contribution in [1.82, 2.24) is 4.90 Å². The van der Waals surface area contributed by atoms with Crippen LogP contribution >= 0.6 is 0 Å². The second-order valence-corrected chi connectivity index (χ2v) is 4.49. The van der Waals surface area contributed by atoms with E-state index >= 15 is 0 Å². The van der Waals surface area contributed by atoms with Crippen LogP contribution in [0.25, 0.3) is 0 Å². The quantitative estimate of drug-likeness (QED) is 0.725. The second kappa shape index (κ2) is 4.97. The van der Waals surface area contributed by atoms with E-state index in [2.05, 4.69) is 25.7 Å². The maximum absolute atomic E-state index is 9.77. The molecule has 1 heterocycles. The van der Waals surface area contributed by atoms with Gasteiger partial charge in [0.25, 0.3) is 0 Å². The van der Waals surface area contributed by atoms with Crippen molar-refractivity contribution in [2.24, 2.45) is 5.92 Å². The van der Waals surface area contributed by atoms with E-state index < -0.39 is 0 Å². The predicted molar refractivity (Wildman–Crippen MR) is 55.7 cm³/mol. The second-order valence-electron chi connectivity index (χ2n) is 4.49. The van der Waals surface area contributed by atoms with Gasteiger partial charge in [0.15, 0.2) is 0 Å². The third kappa shape index (κ3) is 2.96. The van der Waals surface area contributed by atoms with Crippen molar-refractivity contribution >= 4 is 0 Å². The molecule has 2 heteroatoms. The molecule has 1 fully saturated rings. The van der Waals surface area contributed by atoms with Crippen LogP contribution in [0.4, 0.5) is 0 Å². The number of likely N-dealkylation sites (tertiary alicyclic amines) is 1. The largest absolute Gasteiger partial charge is 0.393 e. The normalized spacial score (nSPS) is 31.2. The Bertz CT molecular complexity index is 147. The highest BCUT2D eigenvalue weighted by Gasteiger charge is 2.27. The minimum atomic E-state index is -0.0463. The van der Waals surface area contributed by atoms with Gasteiger partial charge in [-0.25, -0.2) is 0 Å². The molecule has 0 aromatic carbocycles. The summed E-state index contributed by atoms with van der Waals surface area (Å²) in [6, 6.07) is 0.631. The highest BCUT2D eigenvalue weighted by molar-refractivity contribution is 4.81. The highest BCUT2D eigenvalue weighted by atomic mass is 16.3. The number of piperidine rings is 1. The number of aliphatic hydroxyl groups excluding tert-OH is 1. The Morgan fingerprint density at radius 3 is 2.69 bits per heavy atom. The van der Waals surface area contributed by atoms with E-state index in [9.17, 15) is 5.11 Å². The number of hydrogen-bond donors (Lipinski definition) is 1. The lowest BCUT2D eigenvalue weighted by Crippen LogP contribution is -2.46. The van der Waals surface area contributed by atoms with Gasteiger partial charge in [-0.1, -0.05) is 13.3 Å². The van der Waals surface area contributed by atoms with Crippen LogP contribution in [0.2, 0.25) is 0 Å². The van der Waals surface area contributed by atoms with Crippen molar-refractivity contribution in [2.45, 2.75) is 52.2 Å². The monoisotopic (exact) mass is 185 g/mol. The topological polar surface area (TPSA) is 23.5 Å². The first-order valence-electron chi connectivity index (χ1n) is 5.57. The molecule has 0 aromatic rings. The summed E-state index contributed by atoms with van der Waals surface area (Å²) in [5.41, 5.74) is 0. The predicted octanol–water partition coefficient (Wildman–Crippen LogP) is 1.88. The molecule has 1 unspecified atom stereocenters. The Balaban J connectivity index is 2.42. The molecule has 0 radical (unpaired) electrons. The smallest absolute Gasteiger partial charge is 0.0592 e.